The number of rotatable bonds is 4. The van der Waals surface area contributed by atoms with Crippen LogP contribution in [0.1, 0.15) is 51.4 Å². The van der Waals surface area contributed by atoms with Crippen molar-refractivity contribution < 1.29 is 9.84 Å². The van der Waals surface area contributed by atoms with Crippen molar-refractivity contribution >= 4 is 0 Å². The maximum absolute atomic E-state index is 12.5. The molecule has 1 N–H and O–H groups in total. The highest BCUT2D eigenvalue weighted by molar-refractivity contribution is 5.30. The molecule has 2 bridgehead atoms. The molecule has 1 saturated carbocycles. The number of fused-ring (bicyclic) bond motifs is 2. The summed E-state index contributed by atoms with van der Waals surface area (Å²) in [6.07, 6.45) is 3.65. The molecule has 3 fully saturated rings. The Morgan fingerprint density at radius 2 is 1.89 bits per heavy atom. The number of aromatic hydroxyl groups is 1. The third-order valence-corrected chi connectivity index (χ3v) is 7.01. The Morgan fingerprint density at radius 3 is 2.61 bits per heavy atom. The topological polar surface area (TPSA) is 57.9 Å². The zero-order chi connectivity index (χ0) is 20.1. The van der Waals surface area contributed by atoms with Crippen LogP contribution in [-0.2, 0) is 24.9 Å². The lowest BCUT2D eigenvalue weighted by Crippen LogP contribution is -2.37. The number of pyridine rings is 1. The molecule has 0 unspecified atom stereocenters. The van der Waals surface area contributed by atoms with Crippen LogP contribution in [0.2, 0.25) is 0 Å². The lowest BCUT2D eigenvalue weighted by Gasteiger charge is -2.40. The van der Waals surface area contributed by atoms with E-state index in [1.54, 1.807) is 6.07 Å². The first-order valence-electron chi connectivity index (χ1n) is 10.6. The van der Waals surface area contributed by atoms with E-state index in [4.69, 9.17) is 4.74 Å². The second-order valence-electron chi connectivity index (χ2n) is 10.4. The van der Waals surface area contributed by atoms with Gasteiger partial charge in [-0.3, -0.25) is 14.6 Å². The predicted molar refractivity (Wildman–Crippen MR) is 109 cm³/mol. The van der Waals surface area contributed by atoms with Gasteiger partial charge in [0.2, 0.25) is 5.43 Å². The fraction of sp³-hybridized carbons (Fsp3) is 0.773. The van der Waals surface area contributed by atoms with Crippen LogP contribution in [-0.4, -0.2) is 58.4 Å². The van der Waals surface area contributed by atoms with E-state index in [1.165, 1.54) is 19.3 Å². The lowest BCUT2D eigenvalue weighted by molar-refractivity contribution is 0.0331. The fourth-order valence-corrected chi connectivity index (χ4v) is 6.07. The third-order valence-electron chi connectivity index (χ3n) is 7.01. The maximum Gasteiger partial charge on any atom is 0.223 e. The summed E-state index contributed by atoms with van der Waals surface area (Å²) in [6, 6.07) is 2.13. The highest BCUT2D eigenvalue weighted by atomic mass is 16.5. The van der Waals surface area contributed by atoms with E-state index in [0.717, 1.165) is 50.8 Å². The summed E-state index contributed by atoms with van der Waals surface area (Å²) in [6.45, 7) is 12.8. The van der Waals surface area contributed by atoms with Crippen molar-refractivity contribution in [1.82, 2.24) is 14.4 Å². The number of nitrogens with zero attached hydrogens (tertiary/aromatic N) is 3. The average molecular weight is 390 g/mol. The highest BCUT2D eigenvalue weighted by Gasteiger charge is 2.49. The van der Waals surface area contributed by atoms with Crippen LogP contribution in [0.5, 0.6) is 5.75 Å². The second kappa shape index (κ2) is 7.15. The van der Waals surface area contributed by atoms with E-state index in [-0.39, 0.29) is 11.2 Å². The molecule has 0 amide bonds. The zero-order valence-electron chi connectivity index (χ0n) is 17.8. The molecule has 0 spiro atoms. The molecular formula is C22H35N3O3. The summed E-state index contributed by atoms with van der Waals surface area (Å²) >= 11 is 0. The predicted octanol–water partition coefficient (Wildman–Crippen LogP) is 2.32. The van der Waals surface area contributed by atoms with Crippen molar-refractivity contribution in [2.75, 3.05) is 32.8 Å². The van der Waals surface area contributed by atoms with Crippen LogP contribution in [0, 0.1) is 10.8 Å². The first-order chi connectivity index (χ1) is 13.2. The number of aromatic nitrogens is 1. The van der Waals surface area contributed by atoms with Crippen molar-refractivity contribution in [2.45, 2.75) is 59.2 Å². The van der Waals surface area contributed by atoms with Crippen LogP contribution in [0.15, 0.2) is 10.9 Å². The van der Waals surface area contributed by atoms with Gasteiger partial charge in [0.1, 0.15) is 0 Å². The molecule has 0 radical (unpaired) electrons. The molecule has 3 aliphatic rings. The van der Waals surface area contributed by atoms with E-state index in [0.29, 0.717) is 23.4 Å². The summed E-state index contributed by atoms with van der Waals surface area (Å²) in [5, 5.41) is 10.6. The standard InChI is InChI=1S/C22H35N3O3/c1-21(2)10-17-11-22(3,14-21)15-25(17)13-18-20(27)19(26)9-16(23(18)4)12-24-5-7-28-8-6-24/h9,17,27H,5-8,10-15H2,1-4H3/t17-,22-/m1/s1. The van der Waals surface area contributed by atoms with Crippen LogP contribution in [0.4, 0.5) is 0 Å². The Bertz CT molecular complexity index is 797. The van der Waals surface area contributed by atoms with Crippen LogP contribution >= 0.6 is 0 Å². The van der Waals surface area contributed by atoms with Gasteiger partial charge in [0.05, 0.1) is 18.9 Å². The molecule has 4 rings (SSSR count). The lowest BCUT2D eigenvalue weighted by atomic mass is 9.65. The Kier molecular flexibility index (Phi) is 5.09. The van der Waals surface area contributed by atoms with Crippen molar-refractivity contribution in [2.24, 2.45) is 17.9 Å². The van der Waals surface area contributed by atoms with Crippen molar-refractivity contribution in [3.8, 4) is 5.75 Å². The highest BCUT2D eigenvalue weighted by Crippen LogP contribution is 2.52. The van der Waals surface area contributed by atoms with E-state index in [1.807, 2.05) is 11.6 Å². The summed E-state index contributed by atoms with van der Waals surface area (Å²) < 4.78 is 7.48. The summed E-state index contributed by atoms with van der Waals surface area (Å²) in [7, 11) is 1.98. The molecule has 1 aromatic rings. The third kappa shape index (κ3) is 3.87. The molecule has 2 atom stereocenters. The van der Waals surface area contributed by atoms with Gasteiger partial charge in [-0.1, -0.05) is 20.8 Å². The normalized spacial score (nSPS) is 30.6. The number of morpholine rings is 1. The van der Waals surface area contributed by atoms with Gasteiger partial charge in [0.25, 0.3) is 0 Å². The van der Waals surface area contributed by atoms with Gasteiger partial charge in [-0.05, 0) is 30.1 Å². The monoisotopic (exact) mass is 389 g/mol. The Morgan fingerprint density at radius 1 is 1.18 bits per heavy atom. The van der Waals surface area contributed by atoms with Crippen molar-refractivity contribution in [3.05, 3.63) is 27.7 Å². The SMILES string of the molecule is Cn1c(CN2CCOCC2)cc(=O)c(O)c1CN1C[C@]2(C)C[C@H]1CC(C)(C)C2. The quantitative estimate of drug-likeness (QED) is 0.857. The summed E-state index contributed by atoms with van der Waals surface area (Å²) in [4.78, 5) is 17.3. The molecule has 0 aromatic carbocycles. The van der Waals surface area contributed by atoms with Gasteiger partial charge in [-0.25, -0.2) is 0 Å². The average Bonchev–Trinajstić information content (AvgIpc) is 2.85. The first-order valence-corrected chi connectivity index (χ1v) is 10.6. The van der Waals surface area contributed by atoms with Gasteiger partial charge >= 0.3 is 0 Å². The Hall–Kier alpha value is -1.37. The smallest absolute Gasteiger partial charge is 0.223 e. The van der Waals surface area contributed by atoms with Gasteiger partial charge < -0.3 is 14.4 Å². The Labute approximate surface area is 168 Å². The maximum atomic E-state index is 12.5. The molecular weight excluding hydrogens is 354 g/mol. The summed E-state index contributed by atoms with van der Waals surface area (Å²) in [5.41, 5.74) is 2.16. The van der Waals surface area contributed by atoms with Gasteiger partial charge in [-0.2, -0.15) is 0 Å². The van der Waals surface area contributed by atoms with E-state index >= 15 is 0 Å². The number of ether oxygens (including phenoxy) is 1. The zero-order valence-corrected chi connectivity index (χ0v) is 17.8. The van der Waals surface area contributed by atoms with E-state index in [2.05, 4.69) is 30.6 Å². The van der Waals surface area contributed by atoms with E-state index < -0.39 is 0 Å². The number of hydrogen-bond donors (Lipinski definition) is 1. The fourth-order valence-electron chi connectivity index (χ4n) is 6.07. The van der Waals surface area contributed by atoms with Gasteiger partial charge in [0.15, 0.2) is 5.75 Å². The van der Waals surface area contributed by atoms with Crippen molar-refractivity contribution in [3.63, 3.8) is 0 Å². The summed E-state index contributed by atoms with van der Waals surface area (Å²) in [5.74, 6) is -0.0842. The molecule has 6 nitrogen and oxygen atoms in total. The molecule has 1 aromatic heterocycles. The first kappa shape index (κ1) is 19.9. The molecule has 2 aliphatic heterocycles. The molecule has 1 aliphatic carbocycles. The largest absolute Gasteiger partial charge is 0.503 e. The molecule has 3 heterocycles. The van der Waals surface area contributed by atoms with Crippen LogP contribution < -0.4 is 5.43 Å². The second-order valence-corrected chi connectivity index (χ2v) is 10.4. The minimum atomic E-state index is -0.259. The molecule has 6 heteroatoms. The molecule has 156 valence electrons. The number of likely N-dealkylation sites (tertiary alicyclic amines) is 1. The van der Waals surface area contributed by atoms with Gasteiger partial charge in [0, 0.05) is 57.6 Å². The number of hydrogen-bond acceptors (Lipinski definition) is 5. The van der Waals surface area contributed by atoms with Gasteiger partial charge in [-0.15, -0.1) is 0 Å². The van der Waals surface area contributed by atoms with E-state index in [9.17, 15) is 9.90 Å². The minimum absolute atomic E-state index is 0.0842. The van der Waals surface area contributed by atoms with Crippen LogP contribution in [0.25, 0.3) is 0 Å². The Balaban J connectivity index is 1.58. The molecule has 28 heavy (non-hydrogen) atoms. The van der Waals surface area contributed by atoms with Crippen LogP contribution in [0.3, 0.4) is 0 Å². The molecule has 2 saturated heterocycles. The van der Waals surface area contributed by atoms with Crippen molar-refractivity contribution in [1.29, 1.82) is 0 Å². The minimum Gasteiger partial charge on any atom is -0.503 e.